The van der Waals surface area contributed by atoms with Crippen LogP contribution in [-0.4, -0.2) is 18.0 Å². The summed E-state index contributed by atoms with van der Waals surface area (Å²) in [5.41, 5.74) is 6.43. The van der Waals surface area contributed by atoms with Crippen LogP contribution in [0.2, 0.25) is 0 Å². The average molecular weight is 280 g/mol. The second kappa shape index (κ2) is 6.46. The number of hydrogen-bond donors (Lipinski definition) is 2. The molecule has 3 N–H and O–H groups in total. The Labute approximate surface area is 124 Å². The maximum Gasteiger partial charge on any atom is 0.223 e. The molecule has 0 aromatic heterocycles. The fraction of sp³-hybridized carbons (Fsp3) is 0.941. The van der Waals surface area contributed by atoms with Crippen LogP contribution in [0, 0.1) is 17.3 Å². The van der Waals surface area contributed by atoms with Gasteiger partial charge in [0.05, 0.1) is 0 Å². The molecule has 1 amide bonds. The van der Waals surface area contributed by atoms with Crippen molar-refractivity contribution in [1.29, 1.82) is 0 Å². The Hall–Kier alpha value is -0.570. The van der Waals surface area contributed by atoms with E-state index in [0.29, 0.717) is 23.4 Å². The minimum absolute atomic E-state index is 0.117. The lowest BCUT2D eigenvalue weighted by molar-refractivity contribution is -0.127. The fourth-order valence-electron chi connectivity index (χ4n) is 4.09. The minimum atomic E-state index is 0.117. The molecule has 0 aliphatic heterocycles. The molecule has 2 aliphatic carbocycles. The Morgan fingerprint density at radius 2 is 2.00 bits per heavy atom. The van der Waals surface area contributed by atoms with Crippen LogP contribution in [0.25, 0.3) is 0 Å². The smallest absolute Gasteiger partial charge is 0.223 e. The Balaban J connectivity index is 1.84. The number of carbonyl (C=O) groups is 1. The maximum atomic E-state index is 12.5. The van der Waals surface area contributed by atoms with E-state index in [0.717, 1.165) is 25.7 Å². The summed E-state index contributed by atoms with van der Waals surface area (Å²) in [6, 6.07) is 0.684. The summed E-state index contributed by atoms with van der Waals surface area (Å²) in [7, 11) is 0. The molecule has 0 spiro atoms. The highest BCUT2D eigenvalue weighted by Crippen LogP contribution is 2.35. The van der Waals surface area contributed by atoms with Gasteiger partial charge in [-0.15, -0.1) is 0 Å². The summed E-state index contributed by atoms with van der Waals surface area (Å²) < 4.78 is 0. The standard InChI is InChI=1S/C17H32N2O/c1-12(13-6-4-7-14(18)10-13)16(20)19-15-8-5-9-17(2,3)11-15/h12-15H,4-11,18H2,1-3H3,(H,19,20). The Morgan fingerprint density at radius 1 is 1.25 bits per heavy atom. The summed E-state index contributed by atoms with van der Waals surface area (Å²) in [6.07, 6.45) is 9.28. The molecular formula is C17H32N2O. The normalized spacial score (nSPS) is 35.3. The summed E-state index contributed by atoms with van der Waals surface area (Å²) >= 11 is 0. The zero-order valence-corrected chi connectivity index (χ0v) is 13.5. The van der Waals surface area contributed by atoms with E-state index in [2.05, 4.69) is 26.1 Å². The molecule has 2 rings (SSSR count). The molecule has 2 aliphatic rings. The van der Waals surface area contributed by atoms with Gasteiger partial charge in [-0.25, -0.2) is 0 Å². The second-order valence-corrected chi connectivity index (χ2v) is 7.94. The van der Waals surface area contributed by atoms with Crippen molar-refractivity contribution in [2.24, 2.45) is 23.0 Å². The minimum Gasteiger partial charge on any atom is -0.353 e. The molecule has 0 radical (unpaired) electrons. The van der Waals surface area contributed by atoms with Crippen molar-refractivity contribution >= 4 is 5.91 Å². The van der Waals surface area contributed by atoms with Gasteiger partial charge in [0.15, 0.2) is 0 Å². The first-order valence-electron chi connectivity index (χ1n) is 8.43. The third-order valence-electron chi connectivity index (χ3n) is 5.43. The molecular weight excluding hydrogens is 248 g/mol. The quantitative estimate of drug-likeness (QED) is 0.834. The van der Waals surface area contributed by atoms with Crippen LogP contribution in [-0.2, 0) is 4.79 Å². The third kappa shape index (κ3) is 4.21. The predicted molar refractivity (Wildman–Crippen MR) is 83.3 cm³/mol. The molecule has 2 saturated carbocycles. The lowest BCUT2D eigenvalue weighted by Gasteiger charge is -2.37. The third-order valence-corrected chi connectivity index (χ3v) is 5.43. The summed E-state index contributed by atoms with van der Waals surface area (Å²) in [4.78, 5) is 12.5. The molecule has 0 aromatic rings. The summed E-state index contributed by atoms with van der Waals surface area (Å²) in [5, 5.41) is 3.31. The van der Waals surface area contributed by atoms with E-state index >= 15 is 0 Å². The van der Waals surface area contributed by atoms with Gasteiger partial charge in [-0.1, -0.05) is 33.6 Å². The topological polar surface area (TPSA) is 55.1 Å². The average Bonchev–Trinajstić information content (AvgIpc) is 2.36. The van der Waals surface area contributed by atoms with E-state index in [1.54, 1.807) is 0 Å². The SMILES string of the molecule is CC(C(=O)NC1CCCC(C)(C)C1)C1CCCC(N)C1. The van der Waals surface area contributed by atoms with E-state index < -0.39 is 0 Å². The van der Waals surface area contributed by atoms with Gasteiger partial charge in [0, 0.05) is 18.0 Å². The van der Waals surface area contributed by atoms with E-state index in [4.69, 9.17) is 5.73 Å². The lowest BCUT2D eigenvalue weighted by atomic mass is 9.74. The predicted octanol–water partition coefficient (Wildman–Crippen LogP) is 3.23. The van der Waals surface area contributed by atoms with E-state index in [9.17, 15) is 4.79 Å². The van der Waals surface area contributed by atoms with Gasteiger partial charge in [-0.2, -0.15) is 0 Å². The highest BCUT2D eigenvalue weighted by molar-refractivity contribution is 5.78. The summed E-state index contributed by atoms with van der Waals surface area (Å²) in [6.45, 7) is 6.72. The molecule has 0 heterocycles. The highest BCUT2D eigenvalue weighted by atomic mass is 16.1. The number of hydrogen-bond acceptors (Lipinski definition) is 2. The van der Waals surface area contributed by atoms with Gasteiger partial charge in [0.2, 0.25) is 5.91 Å². The van der Waals surface area contributed by atoms with E-state index in [1.165, 1.54) is 25.7 Å². The number of carbonyl (C=O) groups excluding carboxylic acids is 1. The first kappa shape index (κ1) is 15.8. The molecule has 116 valence electrons. The molecule has 4 atom stereocenters. The second-order valence-electron chi connectivity index (χ2n) is 7.94. The van der Waals surface area contributed by atoms with Crippen LogP contribution < -0.4 is 11.1 Å². The van der Waals surface area contributed by atoms with Crippen molar-refractivity contribution in [3.8, 4) is 0 Å². The van der Waals surface area contributed by atoms with Crippen molar-refractivity contribution in [3.63, 3.8) is 0 Å². The van der Waals surface area contributed by atoms with Crippen molar-refractivity contribution < 1.29 is 4.79 Å². The van der Waals surface area contributed by atoms with E-state index in [1.807, 2.05) is 0 Å². The first-order chi connectivity index (χ1) is 9.37. The zero-order valence-electron chi connectivity index (χ0n) is 13.5. The monoisotopic (exact) mass is 280 g/mol. The Morgan fingerprint density at radius 3 is 2.65 bits per heavy atom. The van der Waals surface area contributed by atoms with Gasteiger partial charge >= 0.3 is 0 Å². The molecule has 3 nitrogen and oxygen atoms in total. The maximum absolute atomic E-state index is 12.5. The van der Waals surface area contributed by atoms with E-state index in [-0.39, 0.29) is 11.8 Å². The van der Waals surface area contributed by atoms with Crippen LogP contribution in [0.1, 0.15) is 72.1 Å². The summed E-state index contributed by atoms with van der Waals surface area (Å²) in [5.74, 6) is 0.855. The van der Waals surface area contributed by atoms with Crippen molar-refractivity contribution in [2.45, 2.75) is 84.2 Å². The van der Waals surface area contributed by atoms with Crippen LogP contribution in [0.15, 0.2) is 0 Å². The van der Waals surface area contributed by atoms with Crippen molar-refractivity contribution in [3.05, 3.63) is 0 Å². The Bertz CT molecular complexity index is 340. The van der Waals surface area contributed by atoms with Crippen LogP contribution in [0.4, 0.5) is 0 Å². The zero-order chi connectivity index (χ0) is 14.8. The lowest BCUT2D eigenvalue weighted by Crippen LogP contribution is -2.45. The molecule has 0 bridgehead atoms. The van der Waals surface area contributed by atoms with Crippen molar-refractivity contribution in [1.82, 2.24) is 5.32 Å². The number of rotatable bonds is 3. The fourth-order valence-corrected chi connectivity index (χ4v) is 4.09. The molecule has 4 unspecified atom stereocenters. The largest absolute Gasteiger partial charge is 0.353 e. The molecule has 2 fully saturated rings. The molecule has 20 heavy (non-hydrogen) atoms. The highest BCUT2D eigenvalue weighted by Gasteiger charge is 2.32. The molecule has 0 saturated heterocycles. The Kier molecular flexibility index (Phi) is 5.11. The van der Waals surface area contributed by atoms with Gasteiger partial charge in [-0.05, 0) is 49.9 Å². The van der Waals surface area contributed by atoms with Gasteiger partial charge in [-0.3, -0.25) is 4.79 Å². The van der Waals surface area contributed by atoms with Crippen LogP contribution in [0.3, 0.4) is 0 Å². The van der Waals surface area contributed by atoms with Crippen LogP contribution >= 0.6 is 0 Å². The number of nitrogens with one attached hydrogen (secondary N) is 1. The first-order valence-corrected chi connectivity index (χ1v) is 8.43. The number of nitrogens with two attached hydrogens (primary N) is 1. The van der Waals surface area contributed by atoms with Gasteiger partial charge < -0.3 is 11.1 Å². The number of amides is 1. The van der Waals surface area contributed by atoms with Gasteiger partial charge in [0.1, 0.15) is 0 Å². The van der Waals surface area contributed by atoms with Crippen molar-refractivity contribution in [2.75, 3.05) is 0 Å². The molecule has 0 aromatic carbocycles. The molecule has 3 heteroatoms. The van der Waals surface area contributed by atoms with Gasteiger partial charge in [0.25, 0.3) is 0 Å². The van der Waals surface area contributed by atoms with Crippen LogP contribution in [0.5, 0.6) is 0 Å².